The molecule has 0 amide bonds. The van der Waals surface area contributed by atoms with Crippen LogP contribution >= 0.6 is 11.3 Å². The predicted octanol–water partition coefficient (Wildman–Crippen LogP) is 5.31. The van der Waals surface area contributed by atoms with Crippen molar-refractivity contribution in [2.45, 2.75) is 12.4 Å². The second kappa shape index (κ2) is 8.57. The molecule has 4 aromatic heterocycles. The monoisotopic (exact) mass is 484 g/mol. The van der Waals surface area contributed by atoms with Crippen LogP contribution in [-0.4, -0.2) is 29.9 Å². The molecule has 0 aliphatic heterocycles. The van der Waals surface area contributed by atoms with Gasteiger partial charge in [0.25, 0.3) is 0 Å². The summed E-state index contributed by atoms with van der Waals surface area (Å²) in [4.78, 5) is 22.9. The fourth-order valence-corrected chi connectivity index (χ4v) is 3.01. The number of anilines is 4. The molecule has 0 fully saturated rings. The van der Waals surface area contributed by atoms with Gasteiger partial charge < -0.3 is 10.6 Å². The molecule has 0 saturated carbocycles. The number of alkyl halides is 6. The van der Waals surface area contributed by atoms with Crippen molar-refractivity contribution in [2.75, 3.05) is 10.6 Å². The smallest absolute Gasteiger partial charge is 0.324 e. The van der Waals surface area contributed by atoms with E-state index in [1.807, 2.05) is 0 Å². The van der Waals surface area contributed by atoms with E-state index in [1.165, 1.54) is 35.2 Å². The highest BCUT2D eigenvalue weighted by Gasteiger charge is 2.33. The van der Waals surface area contributed by atoms with Gasteiger partial charge in [-0.1, -0.05) is 6.07 Å². The van der Waals surface area contributed by atoms with Gasteiger partial charge in [0, 0.05) is 11.9 Å². The van der Waals surface area contributed by atoms with Crippen molar-refractivity contribution in [1.82, 2.24) is 29.9 Å². The number of rotatable bonds is 5. The SMILES string of the molecule is FC(F)(F)c1cc(Nc2nc(Nc3cncs3)nc(-c3cccc(C(F)(F)F)n3)n2)ccn1. The van der Waals surface area contributed by atoms with Crippen LogP contribution in [0, 0.1) is 0 Å². The molecule has 0 aliphatic rings. The van der Waals surface area contributed by atoms with E-state index < -0.39 is 23.7 Å². The summed E-state index contributed by atoms with van der Waals surface area (Å²) >= 11 is 1.20. The second-order valence-corrected chi connectivity index (χ2v) is 7.14. The van der Waals surface area contributed by atoms with Crippen LogP contribution in [0.15, 0.2) is 48.2 Å². The molecule has 4 rings (SSSR count). The Morgan fingerprint density at radius 3 is 2.18 bits per heavy atom. The minimum absolute atomic E-state index is 0.0461. The third-order valence-electron chi connectivity index (χ3n) is 3.88. The van der Waals surface area contributed by atoms with Crippen molar-refractivity contribution in [1.29, 1.82) is 0 Å². The van der Waals surface area contributed by atoms with Gasteiger partial charge in [0.15, 0.2) is 5.82 Å². The number of nitrogens with one attached hydrogen (secondary N) is 2. The van der Waals surface area contributed by atoms with Crippen molar-refractivity contribution < 1.29 is 26.3 Å². The number of hydrogen-bond donors (Lipinski definition) is 2. The number of hydrogen-bond acceptors (Lipinski definition) is 9. The maximum absolute atomic E-state index is 13.1. The Hall–Kier alpha value is -3.88. The average Bonchev–Trinajstić information content (AvgIpc) is 3.26. The van der Waals surface area contributed by atoms with E-state index in [2.05, 4.69) is 40.5 Å². The third-order valence-corrected chi connectivity index (χ3v) is 4.57. The van der Waals surface area contributed by atoms with Gasteiger partial charge in [0.2, 0.25) is 11.9 Å². The van der Waals surface area contributed by atoms with E-state index in [9.17, 15) is 26.3 Å². The first kappa shape index (κ1) is 22.3. The van der Waals surface area contributed by atoms with E-state index in [-0.39, 0.29) is 29.1 Å². The highest BCUT2D eigenvalue weighted by molar-refractivity contribution is 7.13. The van der Waals surface area contributed by atoms with E-state index in [0.29, 0.717) is 5.00 Å². The van der Waals surface area contributed by atoms with Crippen LogP contribution in [0.25, 0.3) is 11.5 Å². The molecule has 4 heterocycles. The van der Waals surface area contributed by atoms with Crippen LogP contribution in [0.1, 0.15) is 11.4 Å². The molecule has 33 heavy (non-hydrogen) atoms. The molecule has 0 radical (unpaired) electrons. The van der Waals surface area contributed by atoms with Crippen molar-refractivity contribution in [3.05, 3.63) is 59.6 Å². The Labute approximate surface area is 184 Å². The van der Waals surface area contributed by atoms with Gasteiger partial charge >= 0.3 is 12.4 Å². The van der Waals surface area contributed by atoms with Crippen molar-refractivity contribution in [3.8, 4) is 11.5 Å². The number of nitrogens with zero attached hydrogens (tertiary/aromatic N) is 6. The molecule has 15 heteroatoms. The Balaban J connectivity index is 1.74. The largest absolute Gasteiger partial charge is 0.433 e. The summed E-state index contributed by atoms with van der Waals surface area (Å²) in [5, 5.41) is 5.91. The van der Waals surface area contributed by atoms with Crippen LogP contribution < -0.4 is 10.6 Å². The molecule has 0 saturated heterocycles. The predicted molar refractivity (Wildman–Crippen MR) is 106 cm³/mol. The summed E-state index contributed by atoms with van der Waals surface area (Å²) in [7, 11) is 0. The molecule has 8 nitrogen and oxygen atoms in total. The van der Waals surface area contributed by atoms with Crippen LogP contribution in [0.4, 0.5) is 48.9 Å². The van der Waals surface area contributed by atoms with Crippen LogP contribution in [0.2, 0.25) is 0 Å². The second-order valence-electron chi connectivity index (χ2n) is 6.26. The molecule has 0 aliphatic carbocycles. The number of thiazole rings is 1. The van der Waals surface area contributed by atoms with Gasteiger partial charge in [-0.25, -0.2) is 4.98 Å². The van der Waals surface area contributed by atoms with Gasteiger partial charge in [0.05, 0.1) is 11.7 Å². The quantitative estimate of drug-likeness (QED) is 0.368. The molecule has 4 aromatic rings. The lowest BCUT2D eigenvalue weighted by molar-refractivity contribution is -0.141. The Morgan fingerprint density at radius 1 is 0.788 bits per heavy atom. The highest BCUT2D eigenvalue weighted by atomic mass is 32.1. The van der Waals surface area contributed by atoms with Gasteiger partial charge in [-0.2, -0.15) is 41.3 Å². The summed E-state index contributed by atoms with van der Waals surface area (Å²) in [6.45, 7) is 0. The van der Waals surface area contributed by atoms with E-state index in [4.69, 9.17) is 0 Å². The Kier molecular flexibility index (Phi) is 5.80. The average molecular weight is 484 g/mol. The molecule has 170 valence electrons. The van der Waals surface area contributed by atoms with Crippen LogP contribution in [-0.2, 0) is 12.4 Å². The number of aromatic nitrogens is 6. The van der Waals surface area contributed by atoms with Gasteiger partial charge in [0.1, 0.15) is 22.1 Å². The zero-order valence-electron chi connectivity index (χ0n) is 16.0. The van der Waals surface area contributed by atoms with Crippen molar-refractivity contribution >= 4 is 33.9 Å². The maximum Gasteiger partial charge on any atom is 0.433 e. The molecule has 0 bridgehead atoms. The Morgan fingerprint density at radius 2 is 1.52 bits per heavy atom. The lowest BCUT2D eigenvalue weighted by Gasteiger charge is -2.12. The standard InChI is InChI=1S/C18H10F6N8S/c19-17(20,21)11-3-1-2-10(28-11)14-30-15(32-16(31-14)29-13-7-25-8-33-13)27-9-4-5-26-12(6-9)18(22,23)24/h1-8H,(H2,26,27,29,30,31,32). The molecule has 0 atom stereocenters. The first-order chi connectivity index (χ1) is 15.6. The summed E-state index contributed by atoms with van der Waals surface area (Å²) in [6, 6.07) is 5.17. The van der Waals surface area contributed by atoms with Crippen molar-refractivity contribution in [2.24, 2.45) is 0 Å². The molecular formula is C18H10F6N8S. The van der Waals surface area contributed by atoms with Crippen molar-refractivity contribution in [3.63, 3.8) is 0 Å². The van der Waals surface area contributed by atoms with Crippen LogP contribution in [0.3, 0.4) is 0 Å². The summed E-state index contributed by atoms with van der Waals surface area (Å²) in [5.41, 5.74) is -1.04. The summed E-state index contributed by atoms with van der Waals surface area (Å²) < 4.78 is 78.1. The lowest BCUT2D eigenvalue weighted by Crippen LogP contribution is -2.10. The lowest BCUT2D eigenvalue weighted by atomic mass is 10.3. The van der Waals surface area contributed by atoms with Gasteiger partial charge in [-0.15, -0.1) is 11.3 Å². The summed E-state index contributed by atoms with van der Waals surface area (Å²) in [5.74, 6) is -0.558. The molecule has 2 N–H and O–H groups in total. The first-order valence-electron chi connectivity index (χ1n) is 8.84. The molecule has 0 unspecified atom stereocenters. The minimum Gasteiger partial charge on any atom is -0.324 e. The molecule has 0 spiro atoms. The highest BCUT2D eigenvalue weighted by Crippen LogP contribution is 2.31. The minimum atomic E-state index is -4.70. The van der Waals surface area contributed by atoms with E-state index in [1.54, 1.807) is 0 Å². The van der Waals surface area contributed by atoms with E-state index >= 15 is 0 Å². The topological polar surface area (TPSA) is 101 Å². The third kappa shape index (κ3) is 5.49. The molecular weight excluding hydrogens is 474 g/mol. The fourth-order valence-electron chi connectivity index (χ4n) is 2.50. The summed E-state index contributed by atoms with van der Waals surface area (Å²) in [6.07, 6.45) is -6.97. The zero-order valence-corrected chi connectivity index (χ0v) is 16.8. The maximum atomic E-state index is 13.1. The zero-order chi connectivity index (χ0) is 23.6. The number of pyridine rings is 2. The van der Waals surface area contributed by atoms with Gasteiger partial charge in [-0.3, -0.25) is 9.97 Å². The molecule has 0 aromatic carbocycles. The number of halogens is 6. The van der Waals surface area contributed by atoms with Crippen LogP contribution in [0.5, 0.6) is 0 Å². The normalized spacial score (nSPS) is 11.9. The van der Waals surface area contributed by atoms with Gasteiger partial charge in [-0.05, 0) is 24.3 Å². The van der Waals surface area contributed by atoms with E-state index in [0.717, 1.165) is 24.4 Å². The fraction of sp³-hybridized carbons (Fsp3) is 0.111. The first-order valence-corrected chi connectivity index (χ1v) is 9.72. The Bertz CT molecular complexity index is 1260.